The topological polar surface area (TPSA) is 40.5 Å². The largest absolute Gasteiger partial charge is 0.390 e. The maximum Gasteiger partial charge on any atom is 0.390 e. The first-order valence-electron chi connectivity index (χ1n) is 5.75. The molecule has 1 aliphatic carbocycles. The van der Waals surface area contributed by atoms with Crippen LogP contribution >= 0.6 is 0 Å². The molecule has 0 unspecified atom stereocenters. The van der Waals surface area contributed by atoms with Crippen LogP contribution in [0.25, 0.3) is 0 Å². The molecule has 1 saturated carbocycles. The first-order valence-corrected chi connectivity index (χ1v) is 5.75. The Balaban J connectivity index is 2.36. The first kappa shape index (κ1) is 14.3. The third kappa shape index (κ3) is 4.93. The number of rotatable bonds is 4. The van der Waals surface area contributed by atoms with E-state index in [0.29, 0.717) is 12.8 Å². The summed E-state index contributed by atoms with van der Waals surface area (Å²) in [6, 6.07) is 0. The molecule has 0 aromatic carbocycles. The fraction of sp³-hybridized carbons (Fsp3) is 0.909. The molecule has 0 bridgehead atoms. The normalized spacial score (nSPS) is 19.4. The zero-order valence-electron chi connectivity index (χ0n) is 9.89. The SMILES string of the molecule is CN(CCC(F)(F)F)C(=O)CC1(O)CCCC1. The number of amides is 1. The number of carbonyl (C=O) groups is 1. The molecule has 0 aromatic rings. The van der Waals surface area contributed by atoms with Gasteiger partial charge in [0.2, 0.25) is 5.91 Å². The van der Waals surface area contributed by atoms with Crippen LogP contribution in [0.4, 0.5) is 13.2 Å². The minimum absolute atomic E-state index is 0.0681. The molecule has 0 atom stereocenters. The predicted octanol–water partition coefficient (Wildman–Crippen LogP) is 2.09. The molecule has 100 valence electrons. The molecule has 3 nitrogen and oxygen atoms in total. The highest BCUT2D eigenvalue weighted by Gasteiger charge is 2.35. The molecule has 0 spiro atoms. The number of hydrogen-bond donors (Lipinski definition) is 1. The average molecular weight is 253 g/mol. The summed E-state index contributed by atoms with van der Waals surface area (Å²) in [5.74, 6) is -0.418. The molecule has 1 aliphatic rings. The summed E-state index contributed by atoms with van der Waals surface area (Å²) < 4.78 is 35.9. The zero-order chi connectivity index (χ0) is 13.1. The Kier molecular flexibility index (Phi) is 4.41. The lowest BCUT2D eigenvalue weighted by Crippen LogP contribution is -2.37. The van der Waals surface area contributed by atoms with Crippen molar-refractivity contribution in [3.63, 3.8) is 0 Å². The number of alkyl halides is 3. The highest BCUT2D eigenvalue weighted by atomic mass is 19.4. The molecule has 6 heteroatoms. The van der Waals surface area contributed by atoms with E-state index in [-0.39, 0.29) is 13.0 Å². The number of hydrogen-bond acceptors (Lipinski definition) is 2. The monoisotopic (exact) mass is 253 g/mol. The van der Waals surface area contributed by atoms with Gasteiger partial charge in [0, 0.05) is 13.6 Å². The minimum atomic E-state index is -4.25. The Morgan fingerprint density at radius 2 is 1.88 bits per heavy atom. The van der Waals surface area contributed by atoms with Crippen molar-refractivity contribution in [3.8, 4) is 0 Å². The Morgan fingerprint density at radius 1 is 1.35 bits per heavy atom. The molecular formula is C11H18F3NO2. The van der Waals surface area contributed by atoms with Crippen LogP contribution in [0.1, 0.15) is 38.5 Å². The van der Waals surface area contributed by atoms with E-state index in [2.05, 4.69) is 0 Å². The lowest BCUT2D eigenvalue weighted by molar-refractivity contribution is -0.146. The number of carbonyl (C=O) groups excluding carboxylic acids is 1. The second kappa shape index (κ2) is 5.25. The van der Waals surface area contributed by atoms with E-state index in [1.807, 2.05) is 0 Å². The Hall–Kier alpha value is -0.780. The minimum Gasteiger partial charge on any atom is -0.389 e. The van der Waals surface area contributed by atoms with Gasteiger partial charge >= 0.3 is 6.18 Å². The van der Waals surface area contributed by atoms with Crippen LogP contribution in [0.3, 0.4) is 0 Å². The van der Waals surface area contributed by atoms with E-state index in [1.54, 1.807) is 0 Å². The standard InChI is InChI=1S/C11H18F3NO2/c1-15(7-6-11(12,13)14)9(16)8-10(17)4-2-3-5-10/h17H,2-8H2,1H3. The first-order chi connectivity index (χ1) is 7.72. The van der Waals surface area contributed by atoms with Gasteiger partial charge in [-0.2, -0.15) is 13.2 Å². The van der Waals surface area contributed by atoms with Crippen molar-refractivity contribution in [3.05, 3.63) is 0 Å². The summed E-state index contributed by atoms with van der Waals surface area (Å²) in [6.45, 7) is -0.349. The van der Waals surface area contributed by atoms with Crippen molar-refractivity contribution in [1.29, 1.82) is 0 Å². The van der Waals surface area contributed by atoms with Crippen LogP contribution in [0.2, 0.25) is 0 Å². The lowest BCUT2D eigenvalue weighted by Gasteiger charge is -2.25. The Labute approximate surface area is 98.6 Å². The van der Waals surface area contributed by atoms with Crippen molar-refractivity contribution < 1.29 is 23.1 Å². The molecule has 0 heterocycles. The predicted molar refractivity (Wildman–Crippen MR) is 56.3 cm³/mol. The van der Waals surface area contributed by atoms with Crippen molar-refractivity contribution in [2.24, 2.45) is 0 Å². The summed E-state index contributed by atoms with van der Waals surface area (Å²) in [5, 5.41) is 9.97. The van der Waals surface area contributed by atoms with E-state index in [1.165, 1.54) is 7.05 Å². The van der Waals surface area contributed by atoms with Crippen LogP contribution in [-0.2, 0) is 4.79 Å². The van der Waals surface area contributed by atoms with Gasteiger partial charge < -0.3 is 10.0 Å². The van der Waals surface area contributed by atoms with Gasteiger partial charge in [-0.15, -0.1) is 0 Å². The van der Waals surface area contributed by atoms with E-state index in [4.69, 9.17) is 0 Å². The van der Waals surface area contributed by atoms with E-state index >= 15 is 0 Å². The molecule has 0 saturated heterocycles. The summed E-state index contributed by atoms with van der Waals surface area (Å²) >= 11 is 0. The summed E-state index contributed by atoms with van der Waals surface area (Å²) in [6.07, 6.45) is -2.46. The molecule has 17 heavy (non-hydrogen) atoms. The molecular weight excluding hydrogens is 235 g/mol. The fourth-order valence-corrected chi connectivity index (χ4v) is 2.05. The van der Waals surface area contributed by atoms with Gasteiger partial charge in [-0.1, -0.05) is 12.8 Å². The van der Waals surface area contributed by atoms with E-state index in [0.717, 1.165) is 17.7 Å². The number of halogens is 3. The number of nitrogens with zero attached hydrogens (tertiary/aromatic N) is 1. The molecule has 0 radical (unpaired) electrons. The molecule has 1 fully saturated rings. The molecule has 0 aliphatic heterocycles. The summed E-state index contributed by atoms with van der Waals surface area (Å²) in [7, 11) is 1.34. The smallest absolute Gasteiger partial charge is 0.389 e. The van der Waals surface area contributed by atoms with Gasteiger partial charge in [-0.25, -0.2) is 0 Å². The average Bonchev–Trinajstić information content (AvgIpc) is 2.60. The maximum absolute atomic E-state index is 12.0. The third-order valence-electron chi connectivity index (χ3n) is 3.17. The summed E-state index contributed by atoms with van der Waals surface area (Å²) in [5.41, 5.74) is -0.996. The lowest BCUT2D eigenvalue weighted by atomic mass is 9.97. The van der Waals surface area contributed by atoms with E-state index < -0.39 is 24.1 Å². The van der Waals surface area contributed by atoms with Gasteiger partial charge in [0.15, 0.2) is 0 Å². The van der Waals surface area contributed by atoms with Gasteiger partial charge in [-0.3, -0.25) is 4.79 Å². The molecule has 0 aromatic heterocycles. The highest BCUT2D eigenvalue weighted by Crippen LogP contribution is 2.32. The van der Waals surface area contributed by atoms with Crippen LogP contribution in [-0.4, -0.2) is 41.3 Å². The maximum atomic E-state index is 12.0. The molecule has 1 rings (SSSR count). The molecule has 1 N–H and O–H groups in total. The Morgan fingerprint density at radius 3 is 2.35 bits per heavy atom. The Bertz CT molecular complexity index is 272. The van der Waals surface area contributed by atoms with Crippen LogP contribution in [0.5, 0.6) is 0 Å². The molecule has 1 amide bonds. The highest BCUT2D eigenvalue weighted by molar-refractivity contribution is 5.77. The van der Waals surface area contributed by atoms with Crippen molar-refractivity contribution in [1.82, 2.24) is 4.90 Å². The van der Waals surface area contributed by atoms with E-state index in [9.17, 15) is 23.1 Å². The van der Waals surface area contributed by atoms with Crippen molar-refractivity contribution in [2.75, 3.05) is 13.6 Å². The van der Waals surface area contributed by atoms with Gasteiger partial charge in [-0.05, 0) is 12.8 Å². The van der Waals surface area contributed by atoms with Crippen molar-refractivity contribution >= 4 is 5.91 Å². The van der Waals surface area contributed by atoms with Gasteiger partial charge in [0.25, 0.3) is 0 Å². The quantitative estimate of drug-likeness (QED) is 0.833. The van der Waals surface area contributed by atoms with Gasteiger partial charge in [0.1, 0.15) is 0 Å². The summed E-state index contributed by atoms with van der Waals surface area (Å²) in [4.78, 5) is 12.7. The van der Waals surface area contributed by atoms with Crippen LogP contribution in [0, 0.1) is 0 Å². The van der Waals surface area contributed by atoms with Crippen LogP contribution < -0.4 is 0 Å². The second-order valence-electron chi connectivity index (χ2n) is 4.79. The van der Waals surface area contributed by atoms with Gasteiger partial charge in [0.05, 0.1) is 18.4 Å². The second-order valence-corrected chi connectivity index (χ2v) is 4.79. The van der Waals surface area contributed by atoms with Crippen LogP contribution in [0.15, 0.2) is 0 Å². The van der Waals surface area contributed by atoms with Crippen molar-refractivity contribution in [2.45, 2.75) is 50.3 Å². The zero-order valence-corrected chi connectivity index (χ0v) is 9.89. The fourth-order valence-electron chi connectivity index (χ4n) is 2.05. The number of aliphatic hydroxyl groups is 1. The third-order valence-corrected chi connectivity index (χ3v) is 3.17.